The van der Waals surface area contributed by atoms with E-state index in [0.29, 0.717) is 24.4 Å². The zero-order chi connectivity index (χ0) is 20.2. The molecule has 0 radical (unpaired) electrons. The lowest BCUT2D eigenvalue weighted by Gasteiger charge is -2.33. The minimum Gasteiger partial charge on any atom is -0.488 e. The van der Waals surface area contributed by atoms with Crippen LogP contribution in [-0.2, 0) is 11.3 Å². The van der Waals surface area contributed by atoms with Gasteiger partial charge in [0, 0.05) is 18.7 Å². The van der Waals surface area contributed by atoms with Gasteiger partial charge in [-0.05, 0) is 55.3 Å². The number of carbonyl (C=O) groups excluding carboxylic acids is 2. The molecular formula is C22H25N3O4. The first-order chi connectivity index (χ1) is 14.1. The Balaban J connectivity index is 1.63. The number of ether oxygens (including phenoxy) is 2. The number of nitrogens with one attached hydrogen (secondary N) is 3. The lowest BCUT2D eigenvalue weighted by Crippen LogP contribution is -2.55. The molecule has 0 saturated carbocycles. The first-order valence-electron chi connectivity index (χ1n) is 9.86. The minimum absolute atomic E-state index is 0.109. The number of amides is 2. The van der Waals surface area contributed by atoms with E-state index >= 15 is 0 Å². The molecule has 3 N–H and O–H groups in total. The Hall–Kier alpha value is -3.06. The average molecular weight is 395 g/mol. The highest BCUT2D eigenvalue weighted by molar-refractivity contribution is 5.95. The van der Waals surface area contributed by atoms with Crippen molar-refractivity contribution in [2.24, 2.45) is 0 Å². The third-order valence-electron chi connectivity index (χ3n) is 5.24. The predicted molar refractivity (Wildman–Crippen MR) is 108 cm³/mol. The average Bonchev–Trinajstić information content (AvgIpc) is 2.73. The molecule has 0 spiro atoms. The summed E-state index contributed by atoms with van der Waals surface area (Å²) in [6, 6.07) is 12.7. The molecule has 0 unspecified atom stereocenters. The number of benzene rings is 2. The maximum Gasteiger partial charge on any atom is 0.258 e. The quantitative estimate of drug-likeness (QED) is 0.630. The standard InChI is InChI=1S/C22H25N3O4/c1-14-2-5-16-10-20(14)28-13-21(26)24-11-15-3-6-17(7-4-15)29-19-8-9-23-12-18(19)25-22(16)27/h2-7,10,18-19,23H,8-9,11-13H2,1H3,(H,24,26)(H,25,27)/t18-,19-/m0/s1. The van der Waals surface area contributed by atoms with E-state index in [1.54, 1.807) is 12.1 Å². The Bertz CT molecular complexity index is 897. The fourth-order valence-corrected chi connectivity index (χ4v) is 3.52. The number of aryl methyl sites for hydroxylation is 1. The summed E-state index contributed by atoms with van der Waals surface area (Å²) in [6.45, 7) is 3.67. The van der Waals surface area contributed by atoms with Gasteiger partial charge in [-0.15, -0.1) is 0 Å². The molecule has 0 aliphatic carbocycles. The molecular weight excluding hydrogens is 370 g/mol. The summed E-state index contributed by atoms with van der Waals surface area (Å²) in [7, 11) is 0. The first-order valence-corrected chi connectivity index (χ1v) is 9.86. The van der Waals surface area contributed by atoms with E-state index in [4.69, 9.17) is 9.47 Å². The summed E-state index contributed by atoms with van der Waals surface area (Å²) in [5.41, 5.74) is 2.33. The van der Waals surface area contributed by atoms with Crippen LogP contribution < -0.4 is 25.4 Å². The van der Waals surface area contributed by atoms with Crippen LogP contribution in [0.1, 0.15) is 27.9 Å². The van der Waals surface area contributed by atoms with Crippen molar-refractivity contribution in [1.29, 1.82) is 0 Å². The molecule has 2 amide bonds. The van der Waals surface area contributed by atoms with Gasteiger partial charge in [-0.2, -0.15) is 0 Å². The van der Waals surface area contributed by atoms with Gasteiger partial charge >= 0.3 is 0 Å². The second-order valence-corrected chi connectivity index (χ2v) is 7.42. The summed E-state index contributed by atoms with van der Waals surface area (Å²) < 4.78 is 11.8. The third-order valence-corrected chi connectivity index (χ3v) is 5.24. The van der Waals surface area contributed by atoms with Crippen molar-refractivity contribution >= 4 is 11.8 Å². The normalized spacial score (nSPS) is 22.4. The van der Waals surface area contributed by atoms with E-state index in [-0.39, 0.29) is 30.6 Å². The van der Waals surface area contributed by atoms with E-state index in [9.17, 15) is 9.59 Å². The Morgan fingerprint density at radius 2 is 1.90 bits per heavy atom. The van der Waals surface area contributed by atoms with E-state index in [1.165, 1.54) is 0 Å². The highest BCUT2D eigenvalue weighted by Crippen LogP contribution is 2.21. The summed E-state index contributed by atoms with van der Waals surface area (Å²) >= 11 is 0. The molecule has 1 fully saturated rings. The number of fused-ring (bicyclic) bond motifs is 7. The van der Waals surface area contributed by atoms with Crippen molar-refractivity contribution in [3.63, 3.8) is 0 Å². The minimum atomic E-state index is -0.221. The number of piperidine rings is 1. The largest absolute Gasteiger partial charge is 0.488 e. The fourth-order valence-electron chi connectivity index (χ4n) is 3.52. The van der Waals surface area contributed by atoms with Gasteiger partial charge < -0.3 is 25.4 Å². The first kappa shape index (κ1) is 19.3. The van der Waals surface area contributed by atoms with Crippen LogP contribution in [0.25, 0.3) is 0 Å². The third kappa shape index (κ3) is 4.68. The molecule has 4 bridgehead atoms. The Morgan fingerprint density at radius 1 is 1.07 bits per heavy atom. The lowest BCUT2D eigenvalue weighted by molar-refractivity contribution is -0.123. The van der Waals surface area contributed by atoms with Gasteiger partial charge in [-0.3, -0.25) is 9.59 Å². The van der Waals surface area contributed by atoms with Crippen LogP contribution in [0.4, 0.5) is 0 Å². The van der Waals surface area contributed by atoms with Crippen molar-refractivity contribution in [1.82, 2.24) is 16.0 Å². The van der Waals surface area contributed by atoms with Crippen LogP contribution >= 0.6 is 0 Å². The van der Waals surface area contributed by atoms with Crippen molar-refractivity contribution in [3.8, 4) is 11.5 Å². The molecule has 2 aromatic rings. The molecule has 2 aromatic carbocycles. The van der Waals surface area contributed by atoms with Gasteiger partial charge in [0.2, 0.25) is 0 Å². The van der Waals surface area contributed by atoms with Crippen LogP contribution in [0.2, 0.25) is 0 Å². The molecule has 152 valence electrons. The summed E-state index contributed by atoms with van der Waals surface area (Å²) in [5, 5.41) is 9.24. The SMILES string of the molecule is Cc1ccc2cc1OCC(=O)NCc1ccc(cc1)O[C@H]1CCNC[C@@H]1NC2=O. The molecule has 1 saturated heterocycles. The molecule has 7 heteroatoms. The van der Waals surface area contributed by atoms with E-state index < -0.39 is 0 Å². The monoisotopic (exact) mass is 395 g/mol. The van der Waals surface area contributed by atoms with Gasteiger partial charge in [-0.25, -0.2) is 0 Å². The zero-order valence-corrected chi connectivity index (χ0v) is 16.4. The molecule has 2 atom stereocenters. The van der Waals surface area contributed by atoms with Crippen LogP contribution in [0.15, 0.2) is 42.5 Å². The Labute approximate surface area is 169 Å². The van der Waals surface area contributed by atoms with Crippen molar-refractivity contribution < 1.29 is 19.1 Å². The number of hydrogen-bond donors (Lipinski definition) is 3. The molecule has 7 nitrogen and oxygen atoms in total. The maximum atomic E-state index is 12.8. The van der Waals surface area contributed by atoms with Gasteiger partial charge in [0.25, 0.3) is 11.8 Å². The Kier molecular flexibility index (Phi) is 5.67. The summed E-state index contributed by atoms with van der Waals surface area (Å²) in [4.78, 5) is 25.0. The van der Waals surface area contributed by atoms with Crippen molar-refractivity contribution in [3.05, 3.63) is 59.2 Å². The smallest absolute Gasteiger partial charge is 0.258 e. The van der Waals surface area contributed by atoms with Gasteiger partial charge in [0.05, 0.1) is 6.04 Å². The molecule has 3 aliphatic rings. The fraction of sp³-hybridized carbons (Fsp3) is 0.364. The van der Waals surface area contributed by atoms with Gasteiger partial charge in [-0.1, -0.05) is 18.2 Å². The molecule has 3 heterocycles. The molecule has 29 heavy (non-hydrogen) atoms. The van der Waals surface area contributed by atoms with E-state index in [1.807, 2.05) is 37.3 Å². The maximum absolute atomic E-state index is 12.8. The lowest BCUT2D eigenvalue weighted by atomic mass is 10.0. The number of rotatable bonds is 0. The van der Waals surface area contributed by atoms with Crippen LogP contribution in [0.5, 0.6) is 11.5 Å². The zero-order valence-electron chi connectivity index (χ0n) is 16.4. The number of carbonyl (C=O) groups is 2. The Morgan fingerprint density at radius 3 is 2.72 bits per heavy atom. The summed E-state index contributed by atoms with van der Waals surface area (Å²) in [6.07, 6.45) is 0.674. The highest BCUT2D eigenvalue weighted by atomic mass is 16.5. The molecule has 5 rings (SSSR count). The van der Waals surface area contributed by atoms with Gasteiger partial charge in [0.15, 0.2) is 6.61 Å². The van der Waals surface area contributed by atoms with Crippen molar-refractivity contribution in [2.45, 2.75) is 32.0 Å². The van der Waals surface area contributed by atoms with E-state index in [0.717, 1.165) is 29.8 Å². The predicted octanol–water partition coefficient (Wildman–Crippen LogP) is 1.54. The van der Waals surface area contributed by atoms with Crippen LogP contribution in [0.3, 0.4) is 0 Å². The molecule has 0 aromatic heterocycles. The van der Waals surface area contributed by atoms with Crippen LogP contribution in [0, 0.1) is 6.92 Å². The number of hydrogen-bond acceptors (Lipinski definition) is 5. The summed E-state index contributed by atoms with van der Waals surface area (Å²) in [5.74, 6) is 0.856. The second-order valence-electron chi connectivity index (χ2n) is 7.42. The second kappa shape index (κ2) is 8.53. The van der Waals surface area contributed by atoms with Crippen molar-refractivity contribution in [2.75, 3.05) is 19.7 Å². The van der Waals surface area contributed by atoms with Crippen LogP contribution in [-0.4, -0.2) is 43.7 Å². The highest BCUT2D eigenvalue weighted by Gasteiger charge is 2.28. The molecule has 3 aliphatic heterocycles. The topological polar surface area (TPSA) is 88.7 Å². The van der Waals surface area contributed by atoms with Gasteiger partial charge in [0.1, 0.15) is 17.6 Å². The van der Waals surface area contributed by atoms with E-state index in [2.05, 4.69) is 16.0 Å².